The van der Waals surface area contributed by atoms with E-state index < -0.39 is 18.3 Å². The molecule has 0 bridgehead atoms. The Morgan fingerprint density at radius 2 is 1.89 bits per heavy atom. The van der Waals surface area contributed by atoms with E-state index in [1.165, 1.54) is 0 Å². The predicted molar refractivity (Wildman–Crippen MR) is 102 cm³/mol. The van der Waals surface area contributed by atoms with Gasteiger partial charge in [-0.1, -0.05) is 48.5 Å². The molecule has 0 aliphatic carbocycles. The number of hydrogen-bond acceptors (Lipinski definition) is 5. The minimum absolute atomic E-state index is 0.182. The second-order valence-electron chi connectivity index (χ2n) is 6.23. The standard InChI is InChI=1S/C21H22N2O4/c24-19(10-12-23-21(26)27-14-15-5-2-1-3-6-15)20(25)18-8-4-7-16-13-22-11-9-17(16)18/h1-9,11,13,19-20,24-25H,10,12,14H2,(H,23,26). The van der Waals surface area contributed by atoms with Crippen LogP contribution >= 0.6 is 0 Å². The molecule has 6 nitrogen and oxygen atoms in total. The summed E-state index contributed by atoms with van der Waals surface area (Å²) < 4.78 is 5.11. The Bertz CT molecular complexity index is 880. The Hall–Kier alpha value is -2.96. The Labute approximate surface area is 157 Å². The molecular weight excluding hydrogens is 344 g/mol. The highest BCUT2D eigenvalue weighted by Gasteiger charge is 2.20. The van der Waals surface area contributed by atoms with E-state index >= 15 is 0 Å². The normalized spacial score (nSPS) is 13.1. The van der Waals surface area contributed by atoms with E-state index in [4.69, 9.17) is 4.74 Å². The number of ether oxygens (including phenoxy) is 1. The van der Waals surface area contributed by atoms with Gasteiger partial charge in [0.1, 0.15) is 12.7 Å². The van der Waals surface area contributed by atoms with Crippen molar-refractivity contribution in [2.45, 2.75) is 25.2 Å². The van der Waals surface area contributed by atoms with Gasteiger partial charge in [0.25, 0.3) is 0 Å². The molecule has 6 heteroatoms. The van der Waals surface area contributed by atoms with Crippen LogP contribution < -0.4 is 5.32 Å². The number of aliphatic hydroxyl groups is 2. The van der Waals surface area contributed by atoms with Crippen molar-refractivity contribution >= 4 is 16.9 Å². The zero-order valence-corrected chi connectivity index (χ0v) is 14.8. The molecule has 0 aliphatic rings. The molecule has 0 spiro atoms. The van der Waals surface area contributed by atoms with Crippen LogP contribution in [0.2, 0.25) is 0 Å². The largest absolute Gasteiger partial charge is 0.445 e. The summed E-state index contributed by atoms with van der Waals surface area (Å²) in [6.07, 6.45) is 0.925. The molecule has 1 heterocycles. The van der Waals surface area contributed by atoms with Gasteiger partial charge < -0.3 is 20.3 Å². The number of nitrogens with zero attached hydrogens (tertiary/aromatic N) is 1. The van der Waals surface area contributed by atoms with Crippen molar-refractivity contribution in [1.82, 2.24) is 10.3 Å². The number of amides is 1. The minimum atomic E-state index is -1.06. The molecular formula is C21H22N2O4. The van der Waals surface area contributed by atoms with Gasteiger partial charge >= 0.3 is 6.09 Å². The van der Waals surface area contributed by atoms with Crippen LogP contribution in [0.15, 0.2) is 67.0 Å². The molecule has 3 rings (SSSR count). The van der Waals surface area contributed by atoms with Gasteiger partial charge in [0.2, 0.25) is 0 Å². The van der Waals surface area contributed by atoms with E-state index in [0.717, 1.165) is 16.3 Å². The van der Waals surface area contributed by atoms with Gasteiger partial charge in [-0.2, -0.15) is 0 Å². The van der Waals surface area contributed by atoms with Gasteiger partial charge in [0.05, 0.1) is 6.10 Å². The molecule has 0 radical (unpaired) electrons. The third kappa shape index (κ3) is 5.03. The number of aromatic nitrogens is 1. The fourth-order valence-corrected chi connectivity index (χ4v) is 2.87. The smallest absolute Gasteiger partial charge is 0.407 e. The SMILES string of the molecule is O=C(NCCC(O)C(O)c1cccc2cnccc12)OCc1ccccc1. The highest BCUT2D eigenvalue weighted by molar-refractivity contribution is 5.85. The van der Waals surface area contributed by atoms with E-state index in [-0.39, 0.29) is 19.6 Å². The zero-order valence-electron chi connectivity index (χ0n) is 14.8. The van der Waals surface area contributed by atoms with E-state index in [9.17, 15) is 15.0 Å². The van der Waals surface area contributed by atoms with Crippen molar-refractivity contribution in [2.24, 2.45) is 0 Å². The summed E-state index contributed by atoms with van der Waals surface area (Å²) in [5, 5.41) is 25.1. The number of alkyl carbamates (subject to hydrolysis) is 1. The molecule has 0 saturated heterocycles. The summed E-state index contributed by atoms with van der Waals surface area (Å²) >= 11 is 0. The van der Waals surface area contributed by atoms with Crippen LogP contribution in [-0.2, 0) is 11.3 Å². The first-order valence-corrected chi connectivity index (χ1v) is 8.78. The van der Waals surface area contributed by atoms with Crippen molar-refractivity contribution < 1.29 is 19.7 Å². The number of benzene rings is 2. The van der Waals surface area contributed by atoms with Crippen LogP contribution in [0.4, 0.5) is 4.79 Å². The van der Waals surface area contributed by atoms with E-state index in [0.29, 0.717) is 5.56 Å². The number of aliphatic hydroxyl groups excluding tert-OH is 2. The van der Waals surface area contributed by atoms with Gasteiger partial charge in [-0.05, 0) is 29.0 Å². The zero-order chi connectivity index (χ0) is 19.1. The number of fused-ring (bicyclic) bond motifs is 1. The Balaban J connectivity index is 1.48. The fourth-order valence-electron chi connectivity index (χ4n) is 2.87. The number of carbonyl (C=O) groups is 1. The third-order valence-electron chi connectivity index (χ3n) is 4.32. The van der Waals surface area contributed by atoms with Crippen LogP contribution in [0, 0.1) is 0 Å². The second kappa shape index (κ2) is 9.12. The maximum atomic E-state index is 11.7. The van der Waals surface area contributed by atoms with Crippen LogP contribution in [0.1, 0.15) is 23.7 Å². The summed E-state index contributed by atoms with van der Waals surface area (Å²) in [6, 6.07) is 16.7. The Morgan fingerprint density at radius 1 is 1.07 bits per heavy atom. The highest BCUT2D eigenvalue weighted by atomic mass is 16.5. The monoisotopic (exact) mass is 366 g/mol. The molecule has 1 amide bonds. The summed E-state index contributed by atoms with van der Waals surface area (Å²) in [7, 11) is 0. The Kier molecular flexibility index (Phi) is 6.35. The lowest BCUT2D eigenvalue weighted by atomic mass is 9.97. The Morgan fingerprint density at radius 3 is 2.70 bits per heavy atom. The topological polar surface area (TPSA) is 91.7 Å². The third-order valence-corrected chi connectivity index (χ3v) is 4.32. The quantitative estimate of drug-likeness (QED) is 0.598. The molecule has 0 saturated carbocycles. The summed E-state index contributed by atoms with van der Waals surface area (Å²) in [5.41, 5.74) is 1.53. The molecule has 0 fully saturated rings. The minimum Gasteiger partial charge on any atom is -0.445 e. The molecule has 3 N–H and O–H groups in total. The molecule has 0 aliphatic heterocycles. The number of hydrogen-bond donors (Lipinski definition) is 3. The van der Waals surface area contributed by atoms with Gasteiger partial charge in [0, 0.05) is 24.3 Å². The molecule has 1 aromatic heterocycles. The first-order valence-electron chi connectivity index (χ1n) is 8.78. The molecule has 2 atom stereocenters. The average Bonchev–Trinajstić information content (AvgIpc) is 2.72. The van der Waals surface area contributed by atoms with Crippen molar-refractivity contribution in [3.05, 3.63) is 78.1 Å². The van der Waals surface area contributed by atoms with Crippen LogP contribution in [0.3, 0.4) is 0 Å². The van der Waals surface area contributed by atoms with E-state index in [2.05, 4.69) is 10.3 Å². The number of pyridine rings is 1. The van der Waals surface area contributed by atoms with E-state index in [1.807, 2.05) is 42.5 Å². The van der Waals surface area contributed by atoms with Crippen LogP contribution in [-0.4, -0.2) is 33.9 Å². The summed E-state index contributed by atoms with van der Waals surface area (Å²) in [5.74, 6) is 0. The van der Waals surface area contributed by atoms with Gasteiger partial charge in [0.15, 0.2) is 0 Å². The number of rotatable bonds is 7. The maximum absolute atomic E-state index is 11.7. The van der Waals surface area contributed by atoms with Crippen LogP contribution in [0.25, 0.3) is 10.8 Å². The van der Waals surface area contributed by atoms with Crippen molar-refractivity contribution in [1.29, 1.82) is 0 Å². The maximum Gasteiger partial charge on any atom is 0.407 e. The van der Waals surface area contributed by atoms with Crippen molar-refractivity contribution in [2.75, 3.05) is 6.54 Å². The van der Waals surface area contributed by atoms with Gasteiger partial charge in [-0.3, -0.25) is 4.98 Å². The average molecular weight is 366 g/mol. The van der Waals surface area contributed by atoms with Gasteiger partial charge in [-0.25, -0.2) is 4.79 Å². The fraction of sp³-hybridized carbons (Fsp3) is 0.238. The molecule has 140 valence electrons. The van der Waals surface area contributed by atoms with Crippen molar-refractivity contribution in [3.63, 3.8) is 0 Å². The highest BCUT2D eigenvalue weighted by Crippen LogP contribution is 2.26. The summed E-state index contributed by atoms with van der Waals surface area (Å²) in [6.45, 7) is 0.375. The molecule has 27 heavy (non-hydrogen) atoms. The second-order valence-corrected chi connectivity index (χ2v) is 6.23. The first-order chi connectivity index (χ1) is 13.1. The lowest BCUT2D eigenvalue weighted by Gasteiger charge is -2.20. The predicted octanol–water partition coefficient (Wildman–Crippen LogP) is 2.95. The first kappa shape index (κ1) is 18.8. The lowest BCUT2D eigenvalue weighted by molar-refractivity contribution is 0.0145. The molecule has 3 aromatic rings. The molecule has 2 aromatic carbocycles. The number of carbonyl (C=O) groups excluding carboxylic acids is 1. The number of nitrogens with one attached hydrogen (secondary N) is 1. The van der Waals surface area contributed by atoms with Gasteiger partial charge in [-0.15, -0.1) is 0 Å². The van der Waals surface area contributed by atoms with Crippen molar-refractivity contribution in [3.8, 4) is 0 Å². The molecule has 2 unspecified atom stereocenters. The van der Waals surface area contributed by atoms with Crippen LogP contribution in [0.5, 0.6) is 0 Å². The summed E-state index contributed by atoms with van der Waals surface area (Å²) in [4.78, 5) is 15.8. The van der Waals surface area contributed by atoms with E-state index in [1.54, 1.807) is 24.5 Å². The lowest BCUT2D eigenvalue weighted by Crippen LogP contribution is -2.29.